The van der Waals surface area contributed by atoms with E-state index in [1.54, 1.807) is 134 Å². The van der Waals surface area contributed by atoms with E-state index < -0.39 is 41.8 Å². The minimum atomic E-state index is -4.78. The second-order valence-electron chi connectivity index (χ2n) is 19.1. The van der Waals surface area contributed by atoms with Gasteiger partial charge in [-0.15, -0.1) is 28.5 Å². The maximum atomic E-state index is 13.1. The van der Waals surface area contributed by atoms with Gasteiger partial charge in [0, 0.05) is 57.9 Å². The molecule has 0 amide bonds. The van der Waals surface area contributed by atoms with E-state index in [-0.39, 0.29) is 29.0 Å². The lowest BCUT2D eigenvalue weighted by Gasteiger charge is -2.10. The summed E-state index contributed by atoms with van der Waals surface area (Å²) in [5.41, 5.74) is 5.71. The van der Waals surface area contributed by atoms with Crippen molar-refractivity contribution in [1.82, 2.24) is 43.8 Å². The van der Waals surface area contributed by atoms with Gasteiger partial charge in [0.15, 0.2) is 22.7 Å². The number of nitrogens with zero attached hydrogens (tertiary/aromatic N) is 9. The molecule has 6 aromatic carbocycles. The number of pyridine rings is 3. The third-order valence-electron chi connectivity index (χ3n) is 13.0. The summed E-state index contributed by atoms with van der Waals surface area (Å²) in [4.78, 5) is 47.1. The summed E-state index contributed by atoms with van der Waals surface area (Å²) < 4.78 is 129. The molecular weight excluding hydrogens is 1180 g/mol. The first-order chi connectivity index (χ1) is 42.4. The van der Waals surface area contributed by atoms with Crippen LogP contribution in [0.1, 0.15) is 49.1 Å². The monoisotopic (exact) mass is 1220 g/mol. The summed E-state index contributed by atoms with van der Waals surface area (Å²) in [6, 6.07) is 45.4. The molecule has 89 heavy (non-hydrogen) atoms. The number of aromatic carboxylic acids is 1. The highest BCUT2D eigenvalue weighted by atomic mass is 19.4. The fraction of sp³-hybridized carbons (Fsp3) is 0.0806. The van der Waals surface area contributed by atoms with E-state index in [1.165, 1.54) is 70.0 Å². The lowest BCUT2D eigenvalue weighted by atomic mass is 10.0. The Bertz CT molecular complexity index is 4360. The van der Waals surface area contributed by atoms with Gasteiger partial charge < -0.3 is 30.5 Å². The molecule has 27 heteroatoms. The van der Waals surface area contributed by atoms with Gasteiger partial charge in [-0.2, -0.15) is 41.3 Å². The number of benzene rings is 6. The third kappa shape index (κ3) is 14.7. The number of rotatable bonds is 13. The molecular formula is C62H43F9N12O6. The van der Waals surface area contributed by atoms with Crippen LogP contribution >= 0.6 is 0 Å². The maximum Gasteiger partial charge on any atom is 0.573 e. The number of hydrogen-bond donors (Lipinski definition) is 4. The quantitative estimate of drug-likeness (QED) is 0.0480. The Labute approximate surface area is 496 Å². The minimum Gasteiger partial charge on any atom is -0.478 e. The first-order valence-electron chi connectivity index (χ1n) is 26.2. The number of esters is 1. The van der Waals surface area contributed by atoms with Crippen LogP contribution in [0.4, 0.5) is 74.4 Å². The molecule has 6 heterocycles. The molecule has 0 aliphatic carbocycles. The number of carboxylic acids is 1. The van der Waals surface area contributed by atoms with Crippen molar-refractivity contribution >= 4 is 69.6 Å². The Morgan fingerprint density at radius 3 is 1.16 bits per heavy atom. The molecule has 0 aliphatic rings. The van der Waals surface area contributed by atoms with Gasteiger partial charge in [0.05, 0.1) is 29.4 Å². The number of ether oxygens (including phenoxy) is 2. The van der Waals surface area contributed by atoms with Gasteiger partial charge in [-0.3, -0.25) is 4.79 Å². The normalized spacial score (nSPS) is 11.5. The van der Waals surface area contributed by atoms with Crippen LogP contribution in [0.25, 0.3) is 50.3 Å². The van der Waals surface area contributed by atoms with E-state index in [2.05, 4.69) is 55.7 Å². The number of methoxy groups -OCH3 is 1. The average Bonchev–Trinajstić information content (AvgIpc) is 1.93. The number of hydrogen-bond acceptors (Lipinski definition) is 14. The number of alkyl halides is 9. The van der Waals surface area contributed by atoms with Gasteiger partial charge in [-0.05, 0) is 169 Å². The van der Waals surface area contributed by atoms with Crippen LogP contribution in [0.5, 0.6) is 5.75 Å². The zero-order chi connectivity index (χ0) is 63.2. The lowest BCUT2D eigenvalue weighted by molar-refractivity contribution is -0.274. The molecule has 0 spiro atoms. The Morgan fingerprint density at radius 1 is 0.449 bits per heavy atom. The van der Waals surface area contributed by atoms with Crippen molar-refractivity contribution < 1.29 is 68.5 Å². The standard InChI is InChI=1S/C21H15F3N4O3.C21H15F3N4O.C20H13F3N4O2/c1-30-19(29)13-7-9-15(10-8-13)25-20-26-18-17(6-3-11-28(18)27-20)14-4-2-5-16(12-14)31-21(22,23)24;1-13(29)14-7-9-17(10-8-14)25-20-26-19-18(6-3-11-28(19)27-20)15-4-2-5-16(12-15)21(22,23)24;21-20(22,23)14-4-1-3-13(11-14)16-5-2-10-27-17(16)25-19(26-27)24-15-8-6-12(7-9-15)18(28)29/h2-12H,1H3,(H,25,27);2-12H,1H3,(H,25,27);1-11H,(H,24,26)(H,28,29). The molecule has 450 valence electrons. The van der Waals surface area contributed by atoms with Gasteiger partial charge in [0.1, 0.15) is 5.75 Å². The molecule has 12 rings (SSSR count). The number of anilines is 6. The van der Waals surface area contributed by atoms with Crippen molar-refractivity contribution in [2.75, 3.05) is 23.1 Å². The van der Waals surface area contributed by atoms with Gasteiger partial charge in [-0.25, -0.2) is 23.1 Å². The van der Waals surface area contributed by atoms with E-state index in [1.807, 2.05) is 0 Å². The number of ketones is 1. The number of fused-ring (bicyclic) bond motifs is 3. The topological polar surface area (TPSA) is 217 Å². The fourth-order valence-corrected chi connectivity index (χ4v) is 8.82. The van der Waals surface area contributed by atoms with Crippen LogP contribution in [-0.4, -0.2) is 80.1 Å². The van der Waals surface area contributed by atoms with E-state index in [9.17, 15) is 53.9 Å². The second-order valence-corrected chi connectivity index (χ2v) is 19.1. The highest BCUT2D eigenvalue weighted by Gasteiger charge is 2.33. The van der Waals surface area contributed by atoms with Crippen LogP contribution < -0.4 is 20.7 Å². The van der Waals surface area contributed by atoms with Gasteiger partial charge in [0.25, 0.3) is 0 Å². The van der Waals surface area contributed by atoms with Gasteiger partial charge >= 0.3 is 30.7 Å². The molecule has 0 unspecified atom stereocenters. The highest BCUT2D eigenvalue weighted by Crippen LogP contribution is 2.36. The molecule has 6 aromatic heterocycles. The van der Waals surface area contributed by atoms with Crippen LogP contribution in [0, 0.1) is 0 Å². The number of Topliss-reactive ketones (excluding diaryl/α,β-unsaturated/α-hetero) is 1. The average molecular weight is 1220 g/mol. The van der Waals surface area contributed by atoms with E-state index >= 15 is 0 Å². The molecule has 0 fully saturated rings. The zero-order valence-corrected chi connectivity index (χ0v) is 46.0. The Kier molecular flexibility index (Phi) is 17.1. The number of nitrogens with one attached hydrogen (secondary N) is 3. The number of carbonyl (C=O) groups excluding carboxylic acids is 2. The highest BCUT2D eigenvalue weighted by molar-refractivity contribution is 5.94. The largest absolute Gasteiger partial charge is 0.573 e. The summed E-state index contributed by atoms with van der Waals surface area (Å²) in [7, 11) is 1.30. The zero-order valence-electron chi connectivity index (χ0n) is 46.0. The van der Waals surface area contributed by atoms with Crippen molar-refractivity contribution in [3.63, 3.8) is 0 Å². The Hall–Kier alpha value is -11.6. The molecule has 0 saturated carbocycles. The molecule has 12 aromatic rings. The van der Waals surface area contributed by atoms with Gasteiger partial charge in [0.2, 0.25) is 17.8 Å². The molecule has 0 saturated heterocycles. The molecule has 4 N–H and O–H groups in total. The third-order valence-corrected chi connectivity index (χ3v) is 13.0. The smallest absolute Gasteiger partial charge is 0.478 e. The summed E-state index contributed by atoms with van der Waals surface area (Å²) >= 11 is 0. The molecule has 0 atom stereocenters. The summed E-state index contributed by atoms with van der Waals surface area (Å²) in [6.07, 6.45) is -8.66. The van der Waals surface area contributed by atoms with E-state index in [0.717, 1.165) is 24.3 Å². The van der Waals surface area contributed by atoms with E-state index in [4.69, 9.17) is 5.11 Å². The molecule has 18 nitrogen and oxygen atoms in total. The second kappa shape index (κ2) is 25.1. The van der Waals surface area contributed by atoms with Crippen LogP contribution in [0.3, 0.4) is 0 Å². The van der Waals surface area contributed by atoms with Crippen molar-refractivity contribution in [2.24, 2.45) is 0 Å². The molecule has 0 bridgehead atoms. The fourth-order valence-electron chi connectivity index (χ4n) is 8.82. The maximum absolute atomic E-state index is 13.1. The number of aromatic nitrogens is 9. The summed E-state index contributed by atoms with van der Waals surface area (Å²) in [6.45, 7) is 1.49. The van der Waals surface area contributed by atoms with E-state index in [0.29, 0.717) is 84.5 Å². The summed E-state index contributed by atoms with van der Waals surface area (Å²) in [5.74, 6) is -1.04. The van der Waals surface area contributed by atoms with Crippen LogP contribution in [-0.2, 0) is 17.1 Å². The lowest BCUT2D eigenvalue weighted by Crippen LogP contribution is -2.17. The number of carboxylic acid groups (broad SMARTS) is 1. The number of halogens is 9. The van der Waals surface area contributed by atoms with Crippen molar-refractivity contribution in [3.8, 4) is 39.1 Å². The predicted octanol–water partition coefficient (Wildman–Crippen LogP) is 15.0. The SMILES string of the molecule is CC(=O)c1ccc(Nc2nc3c(-c4cccc(C(F)(F)F)c4)cccn3n2)cc1.COC(=O)c1ccc(Nc2nc3c(-c4cccc(OC(F)(F)F)c4)cccn3n2)cc1.O=C(O)c1ccc(Nc2nc3c(-c4cccc(C(F)(F)F)c4)cccn3n2)cc1. The molecule has 0 radical (unpaired) electrons. The van der Waals surface area contributed by atoms with Crippen molar-refractivity contribution in [3.05, 3.63) is 228 Å². The van der Waals surface area contributed by atoms with Crippen LogP contribution in [0.2, 0.25) is 0 Å². The Morgan fingerprint density at radius 2 is 0.809 bits per heavy atom. The van der Waals surface area contributed by atoms with Gasteiger partial charge in [-0.1, -0.05) is 36.4 Å². The molecule has 0 aliphatic heterocycles. The van der Waals surface area contributed by atoms with Crippen molar-refractivity contribution in [1.29, 1.82) is 0 Å². The van der Waals surface area contributed by atoms with Crippen LogP contribution in [0.15, 0.2) is 201 Å². The first kappa shape index (κ1) is 60.5. The summed E-state index contributed by atoms with van der Waals surface area (Å²) in [5, 5.41) is 30.9. The minimum absolute atomic E-state index is 0.0341. The first-order valence-corrected chi connectivity index (χ1v) is 26.2. The number of carbonyl (C=O) groups is 3. The predicted molar refractivity (Wildman–Crippen MR) is 309 cm³/mol. The van der Waals surface area contributed by atoms with Crippen molar-refractivity contribution in [2.45, 2.75) is 25.6 Å². The Balaban J connectivity index is 0.000000147.